The highest BCUT2D eigenvalue weighted by atomic mass is 35.5. The minimum Gasteiger partial charge on any atom is -0.503 e. The minimum absolute atomic E-state index is 0.00532. The van der Waals surface area contributed by atoms with Gasteiger partial charge in [0.25, 0.3) is 11.8 Å². The number of rotatable bonds is 9. The first-order chi connectivity index (χ1) is 14.9. The molecule has 1 heterocycles. The van der Waals surface area contributed by atoms with E-state index in [1.54, 1.807) is 12.1 Å². The Balaban J connectivity index is 1.53. The number of nitrogens with one attached hydrogen (secondary N) is 1. The zero-order chi connectivity index (χ0) is 22.4. The molecule has 6 nitrogen and oxygen atoms in total. The molecule has 31 heavy (non-hydrogen) atoms. The van der Waals surface area contributed by atoms with Crippen LogP contribution in [0.15, 0.2) is 59.9 Å². The van der Waals surface area contributed by atoms with Crippen LogP contribution >= 0.6 is 23.2 Å². The summed E-state index contributed by atoms with van der Waals surface area (Å²) in [4.78, 5) is 26.4. The van der Waals surface area contributed by atoms with Gasteiger partial charge in [0.1, 0.15) is 6.23 Å². The van der Waals surface area contributed by atoms with Crippen LogP contribution < -0.4 is 5.32 Å². The summed E-state index contributed by atoms with van der Waals surface area (Å²) < 4.78 is 5.47. The second-order valence-electron chi connectivity index (χ2n) is 7.25. The minimum atomic E-state index is -0.608. The number of aliphatic hydroxyl groups excluding tert-OH is 1. The van der Waals surface area contributed by atoms with Gasteiger partial charge in [0.05, 0.1) is 22.2 Å². The molecule has 0 aliphatic carbocycles. The van der Waals surface area contributed by atoms with E-state index < -0.39 is 23.8 Å². The molecule has 2 N–H and O–H groups in total. The van der Waals surface area contributed by atoms with Crippen LogP contribution in [0.4, 0.5) is 0 Å². The number of ether oxygens (including phenoxy) is 1. The molecule has 0 fully saturated rings. The summed E-state index contributed by atoms with van der Waals surface area (Å²) in [6, 6.07) is 15.0. The molecule has 0 aromatic heterocycles. The number of methoxy groups -OCH3 is 1. The lowest BCUT2D eigenvalue weighted by molar-refractivity contribution is -0.139. The van der Waals surface area contributed by atoms with Crippen LogP contribution in [0.2, 0.25) is 10.0 Å². The second kappa shape index (κ2) is 10.7. The van der Waals surface area contributed by atoms with E-state index in [4.69, 9.17) is 27.9 Å². The van der Waals surface area contributed by atoms with Crippen molar-refractivity contribution < 1.29 is 19.4 Å². The molecule has 1 aliphatic rings. The Kier molecular flexibility index (Phi) is 7.96. The third kappa shape index (κ3) is 5.79. The summed E-state index contributed by atoms with van der Waals surface area (Å²) in [5.41, 5.74) is 2.05. The molecule has 8 heteroatoms. The van der Waals surface area contributed by atoms with Crippen molar-refractivity contribution >= 4 is 35.0 Å². The fourth-order valence-corrected chi connectivity index (χ4v) is 3.75. The highest BCUT2D eigenvalue weighted by molar-refractivity contribution is 6.42. The Morgan fingerprint density at radius 1 is 1.16 bits per heavy atom. The van der Waals surface area contributed by atoms with Gasteiger partial charge in [-0.2, -0.15) is 0 Å². The molecule has 164 valence electrons. The van der Waals surface area contributed by atoms with Crippen LogP contribution in [0.5, 0.6) is 0 Å². The molecule has 0 radical (unpaired) electrons. The summed E-state index contributed by atoms with van der Waals surface area (Å²) in [5, 5.41) is 14.0. The zero-order valence-corrected chi connectivity index (χ0v) is 18.6. The number of carbonyl (C=O) groups is 2. The Labute approximate surface area is 191 Å². The van der Waals surface area contributed by atoms with Crippen molar-refractivity contribution in [3.63, 3.8) is 0 Å². The highest BCUT2D eigenvalue weighted by Gasteiger charge is 2.37. The number of hydrogen-bond donors (Lipinski definition) is 2. The number of benzene rings is 2. The predicted molar refractivity (Wildman–Crippen MR) is 120 cm³/mol. The van der Waals surface area contributed by atoms with Crippen LogP contribution in [0.3, 0.4) is 0 Å². The average Bonchev–Trinajstić information content (AvgIpc) is 3.07. The number of amides is 2. The largest absolute Gasteiger partial charge is 0.503 e. The maximum absolute atomic E-state index is 12.5. The third-order valence-electron chi connectivity index (χ3n) is 5.14. The van der Waals surface area contributed by atoms with E-state index in [9.17, 15) is 14.7 Å². The molecule has 0 saturated heterocycles. The maximum Gasteiger partial charge on any atom is 0.291 e. The molecule has 2 aromatic carbocycles. The Morgan fingerprint density at radius 2 is 1.90 bits per heavy atom. The molecule has 0 saturated carbocycles. The maximum atomic E-state index is 12.5. The summed E-state index contributed by atoms with van der Waals surface area (Å²) in [7, 11) is 1.50. The van der Waals surface area contributed by atoms with Crippen molar-refractivity contribution in [3.8, 4) is 0 Å². The SMILES string of the molecule is COC(Cc1ccccc1)N1CC(C(=O)NCCCc2ccc(Cl)c(Cl)c2)=C(O)C1=O. The van der Waals surface area contributed by atoms with Gasteiger partial charge in [-0.25, -0.2) is 0 Å². The van der Waals surface area contributed by atoms with Gasteiger partial charge in [-0.1, -0.05) is 59.6 Å². The van der Waals surface area contributed by atoms with Gasteiger partial charge in [0, 0.05) is 20.1 Å². The normalized spacial score (nSPS) is 14.8. The molecule has 0 bridgehead atoms. The van der Waals surface area contributed by atoms with Gasteiger partial charge in [-0.3, -0.25) is 9.59 Å². The smallest absolute Gasteiger partial charge is 0.291 e. The van der Waals surface area contributed by atoms with Crippen LogP contribution in [0.1, 0.15) is 17.5 Å². The van der Waals surface area contributed by atoms with Gasteiger partial charge < -0.3 is 20.1 Å². The monoisotopic (exact) mass is 462 g/mol. The molecule has 2 amide bonds. The van der Waals surface area contributed by atoms with Crippen molar-refractivity contribution in [3.05, 3.63) is 81.0 Å². The third-order valence-corrected chi connectivity index (χ3v) is 5.88. The molecular formula is C23H24Cl2N2O4. The number of aryl methyl sites for hydroxylation is 1. The van der Waals surface area contributed by atoms with Crippen molar-refractivity contribution in [2.24, 2.45) is 0 Å². The van der Waals surface area contributed by atoms with E-state index in [1.165, 1.54) is 12.0 Å². The van der Waals surface area contributed by atoms with Gasteiger partial charge in [0.15, 0.2) is 5.76 Å². The Bertz CT molecular complexity index is 979. The van der Waals surface area contributed by atoms with E-state index in [1.807, 2.05) is 36.4 Å². The Morgan fingerprint density at radius 3 is 2.58 bits per heavy atom. The average molecular weight is 463 g/mol. The number of nitrogens with zero attached hydrogens (tertiary/aromatic N) is 1. The van der Waals surface area contributed by atoms with Gasteiger partial charge in [-0.15, -0.1) is 0 Å². The van der Waals surface area contributed by atoms with E-state index in [0.717, 1.165) is 11.1 Å². The van der Waals surface area contributed by atoms with Gasteiger partial charge >= 0.3 is 0 Å². The molecule has 1 atom stereocenters. The lowest BCUT2D eigenvalue weighted by Crippen LogP contribution is -2.41. The van der Waals surface area contributed by atoms with E-state index in [0.29, 0.717) is 35.9 Å². The van der Waals surface area contributed by atoms with Crippen molar-refractivity contribution in [2.45, 2.75) is 25.5 Å². The second-order valence-corrected chi connectivity index (χ2v) is 8.06. The van der Waals surface area contributed by atoms with Crippen molar-refractivity contribution in [1.82, 2.24) is 10.2 Å². The summed E-state index contributed by atoms with van der Waals surface area (Å²) in [6.07, 6.45) is 1.24. The number of aliphatic hydroxyl groups is 1. The first-order valence-electron chi connectivity index (χ1n) is 9.92. The van der Waals surface area contributed by atoms with E-state index >= 15 is 0 Å². The van der Waals surface area contributed by atoms with Crippen LogP contribution in [-0.4, -0.2) is 48.2 Å². The van der Waals surface area contributed by atoms with Crippen LogP contribution in [-0.2, 0) is 27.2 Å². The molecule has 1 aliphatic heterocycles. The van der Waals surface area contributed by atoms with Crippen molar-refractivity contribution in [2.75, 3.05) is 20.2 Å². The van der Waals surface area contributed by atoms with E-state index in [-0.39, 0.29) is 12.1 Å². The van der Waals surface area contributed by atoms with E-state index in [2.05, 4.69) is 5.32 Å². The van der Waals surface area contributed by atoms with Crippen LogP contribution in [0, 0.1) is 0 Å². The number of halogens is 2. The fourth-order valence-electron chi connectivity index (χ4n) is 3.43. The topological polar surface area (TPSA) is 78.9 Å². The van der Waals surface area contributed by atoms with Gasteiger partial charge in [-0.05, 0) is 36.1 Å². The summed E-state index contributed by atoms with van der Waals surface area (Å²) in [5.74, 6) is -1.60. The molecule has 2 aromatic rings. The highest BCUT2D eigenvalue weighted by Crippen LogP contribution is 2.24. The lowest BCUT2D eigenvalue weighted by atomic mass is 10.1. The zero-order valence-electron chi connectivity index (χ0n) is 17.1. The van der Waals surface area contributed by atoms with Gasteiger partial charge in [0.2, 0.25) is 0 Å². The first-order valence-corrected chi connectivity index (χ1v) is 10.7. The standard InChI is InChI=1S/C23H24Cl2N2O4/c1-31-20(13-15-6-3-2-4-7-15)27-14-17(21(28)23(27)30)22(29)26-11-5-8-16-9-10-18(24)19(25)12-16/h2-4,6-7,9-10,12,20,28H,5,8,11,13-14H2,1H3,(H,26,29). The quantitative estimate of drug-likeness (QED) is 0.553. The first kappa shape index (κ1) is 23.1. The molecule has 1 unspecified atom stereocenters. The predicted octanol–water partition coefficient (Wildman–Crippen LogP) is 3.91. The number of carbonyl (C=O) groups excluding carboxylic acids is 2. The van der Waals surface area contributed by atoms with Crippen molar-refractivity contribution in [1.29, 1.82) is 0 Å². The Hall–Kier alpha value is -2.54. The fraction of sp³-hybridized carbons (Fsp3) is 0.304. The molecular weight excluding hydrogens is 439 g/mol. The molecule has 3 rings (SSSR count). The van der Waals surface area contributed by atoms with Crippen LogP contribution in [0.25, 0.3) is 0 Å². The lowest BCUT2D eigenvalue weighted by Gasteiger charge is -2.26. The molecule has 0 spiro atoms. The summed E-state index contributed by atoms with van der Waals surface area (Å²) in [6.45, 7) is 0.385. The number of hydrogen-bond acceptors (Lipinski definition) is 4. The summed E-state index contributed by atoms with van der Waals surface area (Å²) >= 11 is 11.9.